The van der Waals surface area contributed by atoms with Gasteiger partial charge in [-0.1, -0.05) is 42.8 Å². The van der Waals surface area contributed by atoms with Gasteiger partial charge in [0.25, 0.3) is 0 Å². The maximum atomic E-state index is 6.36. The lowest BCUT2D eigenvalue weighted by Gasteiger charge is -2.32. The molecule has 0 bridgehead atoms. The Kier molecular flexibility index (Phi) is 6.50. The second-order valence-corrected chi connectivity index (χ2v) is 12.2. The van der Waals surface area contributed by atoms with Gasteiger partial charge in [-0.3, -0.25) is 0 Å². The number of ether oxygens (including phenoxy) is 1. The summed E-state index contributed by atoms with van der Waals surface area (Å²) in [7, 11) is -1.23. The summed E-state index contributed by atoms with van der Waals surface area (Å²) < 4.78 is 15.2. The summed E-state index contributed by atoms with van der Waals surface area (Å²) in [5, 5.41) is 5.58. The quantitative estimate of drug-likeness (QED) is 0.406. The Bertz CT molecular complexity index is 995. The maximum Gasteiger partial charge on any atom is 0.171 e. The Hall–Kier alpha value is -1.70. The van der Waals surface area contributed by atoms with Gasteiger partial charge in [-0.2, -0.15) is 5.10 Å². The Morgan fingerprint density at radius 1 is 1.14 bits per heavy atom. The standard InChI is InChI=1S/C22H30BrN3O2Si/c1-14(2)27-19-12-15(23)11-18-16(19)13-24-26(18)20-10-8-9-17(25-20)21(22(3,4)5)28-29(6)7/h8-14,21,29H,1-7H3. The molecular weight excluding hydrogens is 446 g/mol. The van der Waals surface area contributed by atoms with Gasteiger partial charge in [-0.15, -0.1) is 0 Å². The minimum Gasteiger partial charge on any atom is -0.490 e. The molecule has 0 aliphatic rings. The van der Waals surface area contributed by atoms with E-state index < -0.39 is 9.04 Å². The van der Waals surface area contributed by atoms with Crippen LogP contribution in [0.4, 0.5) is 0 Å². The number of rotatable bonds is 6. The van der Waals surface area contributed by atoms with Crippen LogP contribution < -0.4 is 4.74 Å². The zero-order valence-corrected chi connectivity index (χ0v) is 21.0. The average molecular weight is 476 g/mol. The summed E-state index contributed by atoms with van der Waals surface area (Å²) in [6.45, 7) is 15.0. The van der Waals surface area contributed by atoms with Crippen LogP contribution in [-0.2, 0) is 4.43 Å². The molecule has 5 nitrogen and oxygen atoms in total. The summed E-state index contributed by atoms with van der Waals surface area (Å²) >= 11 is 3.60. The number of hydrogen-bond acceptors (Lipinski definition) is 4. The molecule has 1 unspecified atom stereocenters. The summed E-state index contributed by atoms with van der Waals surface area (Å²) in [5.74, 6) is 1.59. The van der Waals surface area contributed by atoms with Crippen LogP contribution in [0.3, 0.4) is 0 Å². The van der Waals surface area contributed by atoms with Crippen molar-refractivity contribution in [2.75, 3.05) is 0 Å². The molecule has 29 heavy (non-hydrogen) atoms. The minimum absolute atomic E-state index is 0.0453. The molecule has 0 saturated carbocycles. The molecule has 0 spiro atoms. The molecule has 156 valence electrons. The molecule has 1 aromatic carbocycles. The largest absolute Gasteiger partial charge is 0.490 e. The van der Waals surface area contributed by atoms with Gasteiger partial charge in [0.1, 0.15) is 5.75 Å². The highest BCUT2D eigenvalue weighted by molar-refractivity contribution is 9.10. The van der Waals surface area contributed by atoms with Crippen molar-refractivity contribution in [2.45, 2.75) is 59.9 Å². The molecule has 0 fully saturated rings. The van der Waals surface area contributed by atoms with Crippen LogP contribution in [0.5, 0.6) is 5.75 Å². The smallest absolute Gasteiger partial charge is 0.171 e. The van der Waals surface area contributed by atoms with Crippen LogP contribution in [0.1, 0.15) is 46.4 Å². The van der Waals surface area contributed by atoms with Crippen molar-refractivity contribution < 1.29 is 9.16 Å². The fourth-order valence-electron chi connectivity index (χ4n) is 3.29. The van der Waals surface area contributed by atoms with E-state index in [0.717, 1.165) is 32.6 Å². The van der Waals surface area contributed by atoms with Gasteiger partial charge in [-0.05, 0) is 56.6 Å². The zero-order chi connectivity index (χ0) is 21.3. The number of benzene rings is 1. The van der Waals surface area contributed by atoms with Gasteiger partial charge in [0.15, 0.2) is 14.9 Å². The van der Waals surface area contributed by atoms with E-state index in [-0.39, 0.29) is 17.6 Å². The topological polar surface area (TPSA) is 49.2 Å². The number of fused-ring (bicyclic) bond motifs is 1. The van der Waals surface area contributed by atoms with E-state index >= 15 is 0 Å². The van der Waals surface area contributed by atoms with Crippen molar-refractivity contribution in [2.24, 2.45) is 5.41 Å². The first-order chi connectivity index (χ1) is 13.6. The van der Waals surface area contributed by atoms with Crippen molar-refractivity contribution in [3.63, 3.8) is 0 Å². The molecular formula is C22H30BrN3O2Si. The second kappa shape index (κ2) is 8.58. The molecule has 0 aliphatic heterocycles. The van der Waals surface area contributed by atoms with Crippen LogP contribution in [0.2, 0.25) is 13.1 Å². The van der Waals surface area contributed by atoms with Gasteiger partial charge >= 0.3 is 0 Å². The van der Waals surface area contributed by atoms with Gasteiger partial charge in [0.05, 0.1) is 35.0 Å². The van der Waals surface area contributed by atoms with E-state index in [1.165, 1.54) is 0 Å². The average Bonchev–Trinajstić information content (AvgIpc) is 3.02. The summed E-state index contributed by atoms with van der Waals surface area (Å²) in [4.78, 5) is 4.95. The monoisotopic (exact) mass is 475 g/mol. The van der Waals surface area contributed by atoms with E-state index in [2.05, 4.69) is 54.9 Å². The molecule has 0 N–H and O–H groups in total. The third kappa shape index (κ3) is 5.08. The minimum atomic E-state index is -1.23. The predicted octanol–water partition coefficient (Wildman–Crippen LogP) is 6.06. The third-order valence-electron chi connectivity index (χ3n) is 4.41. The van der Waals surface area contributed by atoms with Crippen molar-refractivity contribution in [1.82, 2.24) is 14.8 Å². The molecule has 0 radical (unpaired) electrons. The zero-order valence-electron chi connectivity index (χ0n) is 18.2. The van der Waals surface area contributed by atoms with Crippen LogP contribution in [0, 0.1) is 5.41 Å². The molecule has 2 heterocycles. The highest BCUT2D eigenvalue weighted by Crippen LogP contribution is 2.36. The summed E-state index contributed by atoms with van der Waals surface area (Å²) in [6.07, 6.45) is 1.87. The highest BCUT2D eigenvalue weighted by Gasteiger charge is 2.29. The lowest BCUT2D eigenvalue weighted by molar-refractivity contribution is 0.0827. The predicted molar refractivity (Wildman–Crippen MR) is 124 cm³/mol. The maximum absolute atomic E-state index is 6.36. The molecule has 2 aromatic heterocycles. The van der Waals surface area contributed by atoms with Crippen molar-refractivity contribution in [3.8, 4) is 11.6 Å². The molecule has 1 atom stereocenters. The van der Waals surface area contributed by atoms with Gasteiger partial charge in [0, 0.05) is 4.47 Å². The first kappa shape index (κ1) is 22.0. The van der Waals surface area contributed by atoms with Crippen LogP contribution in [-0.4, -0.2) is 29.9 Å². The normalized spacial score (nSPS) is 13.4. The Balaban J connectivity index is 2.09. The van der Waals surface area contributed by atoms with Gasteiger partial charge in [0.2, 0.25) is 0 Å². The lowest BCUT2D eigenvalue weighted by atomic mass is 9.87. The first-order valence-electron chi connectivity index (χ1n) is 10.0. The van der Waals surface area contributed by atoms with E-state index in [4.69, 9.17) is 14.1 Å². The molecule has 3 aromatic rings. The highest BCUT2D eigenvalue weighted by atomic mass is 79.9. The van der Waals surface area contributed by atoms with Gasteiger partial charge < -0.3 is 9.16 Å². The third-order valence-corrected chi connectivity index (χ3v) is 5.69. The summed E-state index contributed by atoms with van der Waals surface area (Å²) in [5.41, 5.74) is 1.84. The van der Waals surface area contributed by atoms with E-state index in [9.17, 15) is 0 Å². The first-order valence-corrected chi connectivity index (χ1v) is 13.6. The van der Waals surface area contributed by atoms with Gasteiger partial charge in [-0.25, -0.2) is 9.67 Å². The molecule has 0 aliphatic carbocycles. The molecule has 7 heteroatoms. The Morgan fingerprint density at radius 3 is 2.48 bits per heavy atom. The van der Waals surface area contributed by atoms with Crippen molar-refractivity contribution in [1.29, 1.82) is 0 Å². The summed E-state index contributed by atoms with van der Waals surface area (Å²) in [6, 6.07) is 10.1. The molecule has 3 rings (SSSR count). The second-order valence-electron chi connectivity index (χ2n) is 8.91. The lowest BCUT2D eigenvalue weighted by Crippen LogP contribution is -2.27. The van der Waals surface area contributed by atoms with E-state index in [1.54, 1.807) is 0 Å². The van der Waals surface area contributed by atoms with Crippen LogP contribution in [0.15, 0.2) is 41.0 Å². The number of halogens is 1. The fraction of sp³-hybridized carbons (Fsp3) is 0.455. The Morgan fingerprint density at radius 2 is 1.86 bits per heavy atom. The fourth-order valence-corrected chi connectivity index (χ4v) is 4.81. The molecule has 0 amide bonds. The Labute approximate surface area is 183 Å². The number of nitrogens with zero attached hydrogens (tertiary/aromatic N) is 3. The van der Waals surface area contributed by atoms with Crippen molar-refractivity contribution >= 4 is 35.9 Å². The van der Waals surface area contributed by atoms with Crippen LogP contribution >= 0.6 is 15.9 Å². The van der Waals surface area contributed by atoms with Crippen LogP contribution in [0.25, 0.3) is 16.7 Å². The number of pyridine rings is 1. The van der Waals surface area contributed by atoms with E-state index in [0.29, 0.717) is 0 Å². The SMILES string of the molecule is CC(C)Oc1cc(Br)cc2c1cnn2-c1cccc(C(O[SiH](C)C)C(C)(C)C)n1. The number of hydrogen-bond donors (Lipinski definition) is 0. The van der Waals surface area contributed by atoms with E-state index in [1.807, 2.05) is 55.1 Å². The molecule has 0 saturated heterocycles. The number of aromatic nitrogens is 3. The van der Waals surface area contributed by atoms with Crippen molar-refractivity contribution in [3.05, 3.63) is 46.7 Å².